The molecule has 0 unspecified atom stereocenters. The molecule has 1 aromatic rings. The lowest BCUT2D eigenvalue weighted by Crippen LogP contribution is -2.42. The van der Waals surface area contributed by atoms with Crippen molar-refractivity contribution in [2.75, 3.05) is 18.0 Å². The molecule has 0 aromatic heterocycles. The summed E-state index contributed by atoms with van der Waals surface area (Å²) in [6, 6.07) is 2.98. The number of nitrogens with zero attached hydrogens (tertiary/aromatic N) is 2. The van der Waals surface area contributed by atoms with Gasteiger partial charge in [-0.1, -0.05) is 12.2 Å². The van der Waals surface area contributed by atoms with Crippen LogP contribution in [0.5, 0.6) is 5.75 Å². The minimum absolute atomic E-state index is 0.0564. The molecule has 0 atom stereocenters. The zero-order chi connectivity index (χ0) is 17.2. The predicted octanol–water partition coefficient (Wildman–Crippen LogP) is 3.46. The largest absolute Gasteiger partial charge is 0.413 e. The van der Waals surface area contributed by atoms with Crippen LogP contribution in [0.3, 0.4) is 0 Å². The van der Waals surface area contributed by atoms with E-state index in [1.165, 1.54) is 6.07 Å². The van der Waals surface area contributed by atoms with E-state index in [9.17, 15) is 14.9 Å². The number of carbonyl (C=O) groups excluding carboxylic acids is 1. The van der Waals surface area contributed by atoms with Crippen molar-refractivity contribution in [3.63, 3.8) is 0 Å². The smallest absolute Gasteiger partial charge is 0.403 e. The number of carbonyl (C=O) groups is 1. The lowest BCUT2D eigenvalue weighted by Gasteiger charge is -2.22. The molecule has 8 heteroatoms. The monoisotopic (exact) mass is 431 g/mol. The third kappa shape index (κ3) is 4.57. The van der Waals surface area contributed by atoms with Crippen LogP contribution < -0.4 is 15.0 Å². The average molecular weight is 431 g/mol. The van der Waals surface area contributed by atoms with Crippen LogP contribution in [-0.2, 0) is 0 Å². The Balaban J connectivity index is 2.33. The van der Waals surface area contributed by atoms with Gasteiger partial charge >= 0.3 is 11.8 Å². The Morgan fingerprint density at radius 2 is 1.96 bits per heavy atom. The highest BCUT2D eigenvalue weighted by Crippen LogP contribution is 2.36. The van der Waals surface area contributed by atoms with Gasteiger partial charge in [0.25, 0.3) is 0 Å². The first kappa shape index (κ1) is 17.5. The average Bonchev–Trinajstić information content (AvgIpc) is 2.91. The summed E-state index contributed by atoms with van der Waals surface area (Å²) in [7, 11) is 0. The van der Waals surface area contributed by atoms with Gasteiger partial charge in [-0.05, 0) is 43.4 Å². The van der Waals surface area contributed by atoms with Crippen molar-refractivity contribution < 1.29 is 14.5 Å². The second-order valence-corrected chi connectivity index (χ2v) is 7.33. The molecular weight excluding hydrogens is 413 g/mol. The number of nitro benzene ring substituents is 1. The van der Waals surface area contributed by atoms with Gasteiger partial charge in [0.05, 0.1) is 10.6 Å². The molecule has 0 saturated heterocycles. The van der Waals surface area contributed by atoms with E-state index in [1.807, 2.05) is 17.1 Å². The number of hydrogen-bond donors (Lipinski definition) is 1. The normalized spacial score (nSPS) is 14.0. The molecule has 1 aliphatic rings. The second-order valence-electron chi connectivity index (χ2n) is 6.17. The standard InChI is InChI=1S/C15H18IN3O4/c1-15(2,3)17-14(20)23-13-9-11(18-6-4-5-7-18)10(16)8-12(13)19(21)22/h4-5,8-9H,6-7H2,1-3H3,(H,17,20). The predicted molar refractivity (Wildman–Crippen MR) is 96.1 cm³/mol. The topological polar surface area (TPSA) is 84.7 Å². The van der Waals surface area contributed by atoms with Crippen LogP contribution in [0.2, 0.25) is 0 Å². The summed E-state index contributed by atoms with van der Waals surface area (Å²) in [4.78, 5) is 24.7. The van der Waals surface area contributed by atoms with Crippen molar-refractivity contribution in [1.82, 2.24) is 5.32 Å². The Hall–Kier alpha value is -1.84. The van der Waals surface area contributed by atoms with Gasteiger partial charge in [-0.3, -0.25) is 10.1 Å². The van der Waals surface area contributed by atoms with Crippen molar-refractivity contribution in [1.29, 1.82) is 0 Å². The summed E-state index contributed by atoms with van der Waals surface area (Å²) < 4.78 is 5.93. The van der Waals surface area contributed by atoms with Crippen molar-refractivity contribution in [2.45, 2.75) is 26.3 Å². The van der Waals surface area contributed by atoms with Crippen molar-refractivity contribution >= 4 is 40.1 Å². The number of rotatable bonds is 3. The van der Waals surface area contributed by atoms with Gasteiger partial charge in [-0.25, -0.2) is 4.79 Å². The first-order valence-electron chi connectivity index (χ1n) is 7.05. The van der Waals surface area contributed by atoms with Gasteiger partial charge in [0.2, 0.25) is 5.75 Å². The molecule has 0 bridgehead atoms. The van der Waals surface area contributed by atoms with Crippen LogP contribution in [-0.4, -0.2) is 29.6 Å². The van der Waals surface area contributed by atoms with E-state index in [0.29, 0.717) is 0 Å². The van der Waals surface area contributed by atoms with Crippen molar-refractivity contribution in [3.05, 3.63) is 38.0 Å². The number of hydrogen-bond acceptors (Lipinski definition) is 5. The van der Waals surface area contributed by atoms with Gasteiger partial charge in [0, 0.05) is 34.3 Å². The SMILES string of the molecule is CC(C)(C)NC(=O)Oc1cc(N2CC=CC2)c(I)cc1[N+](=O)[O-]. The zero-order valence-electron chi connectivity index (χ0n) is 13.1. The second kappa shape index (κ2) is 6.73. The molecule has 1 N–H and O–H groups in total. The highest BCUT2D eigenvalue weighted by molar-refractivity contribution is 14.1. The number of halogens is 1. The van der Waals surface area contributed by atoms with Crippen LogP contribution in [0.15, 0.2) is 24.3 Å². The van der Waals surface area contributed by atoms with Crippen molar-refractivity contribution in [2.24, 2.45) is 0 Å². The molecule has 0 fully saturated rings. The van der Waals surface area contributed by atoms with Crippen molar-refractivity contribution in [3.8, 4) is 5.75 Å². The number of nitrogens with one attached hydrogen (secondary N) is 1. The van der Waals surface area contributed by atoms with Crippen LogP contribution in [0.4, 0.5) is 16.2 Å². The molecule has 2 rings (SSSR count). The maximum atomic E-state index is 11.9. The summed E-state index contributed by atoms with van der Waals surface area (Å²) >= 11 is 2.05. The van der Waals surface area contributed by atoms with E-state index in [-0.39, 0.29) is 11.4 Å². The number of benzene rings is 1. The van der Waals surface area contributed by atoms with E-state index < -0.39 is 16.6 Å². The fourth-order valence-electron chi connectivity index (χ4n) is 2.11. The summed E-state index contributed by atoms with van der Waals surface area (Å²) in [6.07, 6.45) is 3.32. The highest BCUT2D eigenvalue weighted by atomic mass is 127. The van der Waals surface area contributed by atoms with Gasteiger partial charge in [-0.2, -0.15) is 0 Å². The van der Waals surface area contributed by atoms with Crippen LogP contribution >= 0.6 is 22.6 Å². The first-order chi connectivity index (χ1) is 10.7. The van der Waals surface area contributed by atoms with Gasteiger partial charge in [-0.15, -0.1) is 0 Å². The number of anilines is 1. The maximum Gasteiger partial charge on any atom is 0.413 e. The molecule has 0 radical (unpaired) electrons. The molecule has 0 saturated carbocycles. The third-order valence-corrected chi connectivity index (χ3v) is 3.93. The van der Waals surface area contributed by atoms with Crippen LogP contribution in [0, 0.1) is 13.7 Å². The van der Waals surface area contributed by atoms with Gasteiger partial charge < -0.3 is 15.0 Å². The highest BCUT2D eigenvalue weighted by Gasteiger charge is 2.25. The summed E-state index contributed by atoms with van der Waals surface area (Å²) in [5, 5.41) is 13.9. The number of ether oxygens (including phenoxy) is 1. The Kier molecular flexibility index (Phi) is 5.12. The Morgan fingerprint density at radius 1 is 1.35 bits per heavy atom. The summed E-state index contributed by atoms with van der Waals surface area (Å²) in [6.45, 7) is 6.86. The number of nitro groups is 1. The third-order valence-electron chi connectivity index (χ3n) is 3.06. The van der Waals surface area contributed by atoms with Crippen LogP contribution in [0.1, 0.15) is 20.8 Å². The Bertz CT molecular complexity index is 659. The fraction of sp³-hybridized carbons (Fsp3) is 0.400. The first-order valence-corrected chi connectivity index (χ1v) is 8.13. The molecule has 23 heavy (non-hydrogen) atoms. The molecule has 0 spiro atoms. The molecule has 1 aromatic carbocycles. The molecule has 1 heterocycles. The lowest BCUT2D eigenvalue weighted by atomic mass is 10.1. The summed E-state index contributed by atoms with van der Waals surface area (Å²) in [5.41, 5.74) is 0.0886. The van der Waals surface area contributed by atoms with Gasteiger partial charge in [0.15, 0.2) is 0 Å². The molecule has 0 aliphatic carbocycles. The molecular formula is C15H18IN3O4. The molecule has 7 nitrogen and oxygen atoms in total. The molecule has 1 aliphatic heterocycles. The lowest BCUT2D eigenvalue weighted by molar-refractivity contribution is -0.385. The molecule has 124 valence electrons. The minimum atomic E-state index is -0.715. The number of amides is 1. The maximum absolute atomic E-state index is 11.9. The van der Waals surface area contributed by atoms with E-state index >= 15 is 0 Å². The zero-order valence-corrected chi connectivity index (χ0v) is 15.3. The minimum Gasteiger partial charge on any atom is -0.403 e. The quantitative estimate of drug-likeness (QED) is 0.343. The van der Waals surface area contributed by atoms with Gasteiger partial charge in [0.1, 0.15) is 0 Å². The Morgan fingerprint density at radius 3 is 2.48 bits per heavy atom. The Labute approximate surface area is 148 Å². The van der Waals surface area contributed by atoms with Crippen LogP contribution in [0.25, 0.3) is 0 Å². The fourth-order valence-corrected chi connectivity index (χ4v) is 2.90. The van der Waals surface area contributed by atoms with E-state index in [2.05, 4.69) is 27.9 Å². The summed E-state index contributed by atoms with van der Waals surface area (Å²) in [5.74, 6) is -0.0564. The van der Waals surface area contributed by atoms with E-state index in [0.717, 1.165) is 22.3 Å². The van der Waals surface area contributed by atoms with E-state index in [4.69, 9.17) is 4.74 Å². The van der Waals surface area contributed by atoms with E-state index in [1.54, 1.807) is 26.8 Å². The molecule has 1 amide bonds.